The van der Waals surface area contributed by atoms with Crippen LogP contribution in [-0.4, -0.2) is 60.3 Å². The van der Waals surface area contributed by atoms with Gasteiger partial charge in [-0.3, -0.25) is 4.90 Å². The molecule has 1 aliphatic heterocycles. The zero-order chi connectivity index (χ0) is 13.9. The lowest BCUT2D eigenvalue weighted by Gasteiger charge is -2.39. The summed E-state index contributed by atoms with van der Waals surface area (Å²) < 4.78 is 0. The number of hydrogen-bond acceptors (Lipinski definition) is 3. The van der Waals surface area contributed by atoms with Crippen molar-refractivity contribution in [1.29, 1.82) is 0 Å². The Kier molecular flexibility index (Phi) is 5.27. The summed E-state index contributed by atoms with van der Waals surface area (Å²) in [5.74, 6) is 0. The molecule has 0 aromatic carbocycles. The molecule has 2 fully saturated rings. The summed E-state index contributed by atoms with van der Waals surface area (Å²) in [6, 6.07) is 1.03. The molecule has 3 heteroatoms. The SMILES string of the molecule is CN1CC(CO)N(C2CCCCCC2)CC(C)(C)C1. The molecule has 1 heterocycles. The fourth-order valence-electron chi connectivity index (χ4n) is 4.11. The van der Waals surface area contributed by atoms with Gasteiger partial charge < -0.3 is 10.0 Å². The Morgan fingerprint density at radius 2 is 1.68 bits per heavy atom. The van der Waals surface area contributed by atoms with Crippen LogP contribution in [0.5, 0.6) is 0 Å². The molecule has 1 aliphatic carbocycles. The monoisotopic (exact) mass is 268 g/mol. The molecule has 3 nitrogen and oxygen atoms in total. The maximum atomic E-state index is 9.81. The average Bonchev–Trinajstić information content (AvgIpc) is 2.65. The fraction of sp³-hybridized carbons (Fsp3) is 1.00. The van der Waals surface area contributed by atoms with Gasteiger partial charge in [-0.25, -0.2) is 0 Å². The number of aliphatic hydroxyl groups is 1. The molecule has 1 atom stereocenters. The molecule has 2 aliphatic rings. The van der Waals surface area contributed by atoms with E-state index in [-0.39, 0.29) is 0 Å². The highest BCUT2D eigenvalue weighted by molar-refractivity contribution is 4.90. The van der Waals surface area contributed by atoms with Crippen molar-refractivity contribution in [2.24, 2.45) is 5.41 Å². The highest BCUT2D eigenvalue weighted by atomic mass is 16.3. The van der Waals surface area contributed by atoms with Gasteiger partial charge in [-0.15, -0.1) is 0 Å². The van der Waals surface area contributed by atoms with Crippen LogP contribution in [0.15, 0.2) is 0 Å². The van der Waals surface area contributed by atoms with Crippen LogP contribution >= 0.6 is 0 Å². The van der Waals surface area contributed by atoms with E-state index in [9.17, 15) is 5.11 Å². The van der Waals surface area contributed by atoms with Crippen LogP contribution in [0.4, 0.5) is 0 Å². The lowest BCUT2D eigenvalue weighted by Crippen LogP contribution is -2.49. The van der Waals surface area contributed by atoms with Crippen molar-refractivity contribution in [1.82, 2.24) is 9.80 Å². The Morgan fingerprint density at radius 3 is 2.26 bits per heavy atom. The van der Waals surface area contributed by atoms with Gasteiger partial charge in [-0.1, -0.05) is 39.5 Å². The van der Waals surface area contributed by atoms with Crippen molar-refractivity contribution < 1.29 is 5.11 Å². The largest absolute Gasteiger partial charge is 0.395 e. The molecule has 1 saturated heterocycles. The maximum absolute atomic E-state index is 9.81. The molecule has 19 heavy (non-hydrogen) atoms. The van der Waals surface area contributed by atoms with Gasteiger partial charge in [0.15, 0.2) is 0 Å². The van der Waals surface area contributed by atoms with Crippen molar-refractivity contribution >= 4 is 0 Å². The Morgan fingerprint density at radius 1 is 1.05 bits per heavy atom. The number of nitrogens with zero attached hydrogens (tertiary/aromatic N) is 2. The first-order valence-corrected chi connectivity index (χ1v) is 8.07. The number of rotatable bonds is 2. The minimum atomic E-state index is 0.303. The van der Waals surface area contributed by atoms with Crippen LogP contribution in [0.1, 0.15) is 52.4 Å². The van der Waals surface area contributed by atoms with E-state index in [4.69, 9.17) is 0 Å². The summed E-state index contributed by atoms with van der Waals surface area (Å²) in [6.45, 7) is 8.31. The Balaban J connectivity index is 2.12. The molecule has 0 spiro atoms. The lowest BCUT2D eigenvalue weighted by atomic mass is 9.91. The van der Waals surface area contributed by atoms with E-state index in [2.05, 4.69) is 30.7 Å². The van der Waals surface area contributed by atoms with Gasteiger partial charge in [0, 0.05) is 31.7 Å². The minimum Gasteiger partial charge on any atom is -0.395 e. The number of hydrogen-bond donors (Lipinski definition) is 1. The van der Waals surface area contributed by atoms with Gasteiger partial charge in [-0.2, -0.15) is 0 Å². The molecule has 0 aromatic heterocycles. The van der Waals surface area contributed by atoms with Gasteiger partial charge in [0.05, 0.1) is 6.61 Å². The van der Waals surface area contributed by atoms with Crippen molar-refractivity contribution in [3.8, 4) is 0 Å². The van der Waals surface area contributed by atoms with Crippen molar-refractivity contribution in [2.75, 3.05) is 33.3 Å². The zero-order valence-electron chi connectivity index (χ0n) is 13.1. The molecule has 1 saturated carbocycles. The quantitative estimate of drug-likeness (QED) is 0.779. The zero-order valence-corrected chi connectivity index (χ0v) is 13.1. The normalized spacial score (nSPS) is 31.9. The maximum Gasteiger partial charge on any atom is 0.0599 e. The predicted octanol–water partition coefficient (Wildman–Crippen LogP) is 2.34. The van der Waals surface area contributed by atoms with Crippen molar-refractivity contribution in [3.63, 3.8) is 0 Å². The summed E-state index contributed by atoms with van der Waals surface area (Å²) in [5.41, 5.74) is 0.324. The number of likely N-dealkylation sites (N-methyl/N-ethyl adjacent to an activating group) is 1. The van der Waals surface area contributed by atoms with Crippen molar-refractivity contribution in [3.05, 3.63) is 0 Å². The fourth-order valence-corrected chi connectivity index (χ4v) is 4.11. The Hall–Kier alpha value is -0.120. The van der Waals surface area contributed by atoms with Gasteiger partial charge in [0.25, 0.3) is 0 Å². The molecular weight excluding hydrogens is 236 g/mol. The second-order valence-electron chi connectivity index (χ2n) is 7.52. The highest BCUT2D eigenvalue weighted by Crippen LogP contribution is 2.30. The summed E-state index contributed by atoms with van der Waals surface area (Å²) in [4.78, 5) is 5.05. The van der Waals surface area contributed by atoms with E-state index in [1.807, 2.05) is 0 Å². The average molecular weight is 268 g/mol. The minimum absolute atomic E-state index is 0.303. The van der Waals surface area contributed by atoms with Crippen LogP contribution in [0.25, 0.3) is 0 Å². The molecule has 0 radical (unpaired) electrons. The van der Waals surface area contributed by atoms with E-state index < -0.39 is 0 Å². The molecule has 112 valence electrons. The van der Waals surface area contributed by atoms with Crippen LogP contribution in [0.3, 0.4) is 0 Å². The number of aliphatic hydroxyl groups excluding tert-OH is 1. The van der Waals surface area contributed by atoms with E-state index in [0.717, 1.165) is 19.6 Å². The predicted molar refractivity (Wildman–Crippen MR) is 80.3 cm³/mol. The molecule has 1 unspecified atom stereocenters. The summed E-state index contributed by atoms with van der Waals surface area (Å²) in [6.07, 6.45) is 8.20. The van der Waals surface area contributed by atoms with E-state index in [1.54, 1.807) is 0 Å². The Bertz CT molecular complexity index is 272. The third-order valence-corrected chi connectivity index (χ3v) is 4.80. The topological polar surface area (TPSA) is 26.7 Å². The molecular formula is C16H32N2O. The standard InChI is InChI=1S/C16H32N2O/c1-16(2)12-17(3)10-15(11-19)18(13-16)14-8-6-4-5-7-9-14/h14-15,19H,4-13H2,1-3H3. The lowest BCUT2D eigenvalue weighted by molar-refractivity contribution is 0.0583. The molecule has 0 amide bonds. The first kappa shape index (κ1) is 15.3. The van der Waals surface area contributed by atoms with Crippen LogP contribution in [0.2, 0.25) is 0 Å². The van der Waals surface area contributed by atoms with Crippen LogP contribution in [-0.2, 0) is 0 Å². The molecule has 1 N–H and O–H groups in total. The Labute approximate surface area is 119 Å². The third-order valence-electron chi connectivity index (χ3n) is 4.80. The highest BCUT2D eigenvalue weighted by Gasteiger charge is 2.36. The first-order valence-electron chi connectivity index (χ1n) is 8.07. The van der Waals surface area contributed by atoms with Gasteiger partial charge in [0.1, 0.15) is 0 Å². The van der Waals surface area contributed by atoms with E-state index in [1.165, 1.54) is 38.5 Å². The van der Waals surface area contributed by atoms with E-state index >= 15 is 0 Å². The second-order valence-corrected chi connectivity index (χ2v) is 7.52. The molecule has 0 aromatic rings. The summed E-state index contributed by atoms with van der Waals surface area (Å²) >= 11 is 0. The molecule has 2 rings (SSSR count). The second kappa shape index (κ2) is 6.55. The van der Waals surface area contributed by atoms with Gasteiger partial charge in [0.2, 0.25) is 0 Å². The smallest absolute Gasteiger partial charge is 0.0599 e. The molecule has 0 bridgehead atoms. The van der Waals surface area contributed by atoms with Gasteiger partial charge >= 0.3 is 0 Å². The van der Waals surface area contributed by atoms with Crippen LogP contribution < -0.4 is 0 Å². The van der Waals surface area contributed by atoms with E-state index in [0.29, 0.717) is 24.1 Å². The van der Waals surface area contributed by atoms with Crippen LogP contribution in [0, 0.1) is 5.41 Å². The third kappa shape index (κ3) is 4.17. The van der Waals surface area contributed by atoms with Crippen molar-refractivity contribution in [2.45, 2.75) is 64.5 Å². The summed E-state index contributed by atoms with van der Waals surface area (Å²) in [5, 5.41) is 9.81. The van der Waals surface area contributed by atoms with Gasteiger partial charge in [-0.05, 0) is 25.3 Å². The first-order chi connectivity index (χ1) is 9.02. The summed E-state index contributed by atoms with van der Waals surface area (Å²) in [7, 11) is 2.20.